The molecule has 6 nitrogen and oxygen atoms in total. The molecule has 0 aliphatic rings. The van der Waals surface area contributed by atoms with Gasteiger partial charge >= 0.3 is 0 Å². The SMILES string of the molecule is CSc1ccc(C(=O)Nc2ccc(-c3nc4ccc(N)cc4n3O)cc2)cc1. The molecule has 0 unspecified atom stereocenters. The fourth-order valence-corrected chi connectivity index (χ4v) is 3.32. The predicted molar refractivity (Wildman–Crippen MR) is 113 cm³/mol. The Morgan fingerprint density at radius 1 is 1.07 bits per heavy atom. The van der Waals surface area contributed by atoms with Gasteiger partial charge in [0.2, 0.25) is 0 Å². The maximum Gasteiger partial charge on any atom is 0.255 e. The lowest BCUT2D eigenvalue weighted by Crippen LogP contribution is -2.11. The largest absolute Gasteiger partial charge is 0.426 e. The van der Waals surface area contributed by atoms with Gasteiger partial charge in [-0.15, -0.1) is 11.8 Å². The molecule has 0 aliphatic carbocycles. The number of hydrogen-bond acceptors (Lipinski definition) is 5. The van der Waals surface area contributed by atoms with Gasteiger partial charge in [0.25, 0.3) is 5.91 Å². The standard InChI is InChI=1S/C21H18N4O2S/c1-28-17-9-4-14(5-10-17)21(26)23-16-7-2-13(3-8-16)20-24-18-11-6-15(22)12-19(18)25(20)27/h2-12,27H,22H2,1H3,(H,23,26). The predicted octanol–water partition coefficient (Wildman–Crippen LogP) is 4.50. The number of hydrogen-bond donors (Lipinski definition) is 3. The molecule has 1 heterocycles. The van der Waals surface area contributed by atoms with Gasteiger partial charge in [-0.05, 0) is 73.0 Å². The molecule has 0 saturated carbocycles. The van der Waals surface area contributed by atoms with Crippen LogP contribution in [0.2, 0.25) is 0 Å². The molecule has 3 aromatic carbocycles. The van der Waals surface area contributed by atoms with Crippen LogP contribution in [0.3, 0.4) is 0 Å². The number of anilines is 2. The second-order valence-corrected chi connectivity index (χ2v) is 7.13. The molecule has 4 N–H and O–H groups in total. The number of imidazole rings is 1. The zero-order valence-electron chi connectivity index (χ0n) is 15.1. The van der Waals surface area contributed by atoms with Gasteiger partial charge in [0.1, 0.15) is 5.52 Å². The first-order valence-electron chi connectivity index (χ1n) is 8.58. The van der Waals surface area contributed by atoms with Crippen molar-refractivity contribution in [3.8, 4) is 11.4 Å². The van der Waals surface area contributed by atoms with Crippen molar-refractivity contribution in [3.63, 3.8) is 0 Å². The van der Waals surface area contributed by atoms with Crippen LogP contribution in [0.4, 0.5) is 11.4 Å². The maximum atomic E-state index is 12.4. The van der Waals surface area contributed by atoms with Crippen molar-refractivity contribution in [3.05, 3.63) is 72.3 Å². The van der Waals surface area contributed by atoms with Crippen molar-refractivity contribution in [2.45, 2.75) is 4.90 Å². The van der Waals surface area contributed by atoms with Crippen LogP contribution in [0.1, 0.15) is 10.4 Å². The Bertz CT molecular complexity index is 1150. The van der Waals surface area contributed by atoms with Crippen LogP contribution < -0.4 is 11.1 Å². The van der Waals surface area contributed by atoms with Gasteiger partial charge in [0, 0.05) is 27.4 Å². The second-order valence-electron chi connectivity index (χ2n) is 6.26. The normalized spacial score (nSPS) is 10.9. The molecule has 4 rings (SSSR count). The summed E-state index contributed by atoms with van der Waals surface area (Å²) in [6.45, 7) is 0. The fourth-order valence-electron chi connectivity index (χ4n) is 2.92. The highest BCUT2D eigenvalue weighted by Gasteiger charge is 2.13. The van der Waals surface area contributed by atoms with Gasteiger partial charge in [0.15, 0.2) is 5.82 Å². The maximum absolute atomic E-state index is 12.4. The Balaban J connectivity index is 1.55. The number of amides is 1. The first-order valence-corrected chi connectivity index (χ1v) is 9.81. The Kier molecular flexibility index (Phi) is 4.67. The van der Waals surface area contributed by atoms with Crippen LogP contribution >= 0.6 is 11.8 Å². The lowest BCUT2D eigenvalue weighted by Gasteiger charge is -2.07. The molecule has 0 saturated heterocycles. The van der Waals surface area contributed by atoms with Crippen LogP contribution in [0, 0.1) is 0 Å². The number of nitrogens with one attached hydrogen (secondary N) is 1. The molecule has 0 radical (unpaired) electrons. The molecule has 0 fully saturated rings. The summed E-state index contributed by atoms with van der Waals surface area (Å²) in [7, 11) is 0. The van der Waals surface area contributed by atoms with Crippen LogP contribution in [0.15, 0.2) is 71.6 Å². The highest BCUT2D eigenvalue weighted by atomic mass is 32.2. The monoisotopic (exact) mass is 390 g/mol. The summed E-state index contributed by atoms with van der Waals surface area (Å²) in [5.74, 6) is 0.233. The van der Waals surface area contributed by atoms with Gasteiger partial charge in [-0.25, -0.2) is 4.98 Å². The highest BCUT2D eigenvalue weighted by molar-refractivity contribution is 7.98. The lowest BCUT2D eigenvalue weighted by molar-refractivity contribution is 0.102. The Morgan fingerprint density at radius 3 is 2.46 bits per heavy atom. The zero-order valence-corrected chi connectivity index (χ0v) is 15.9. The topological polar surface area (TPSA) is 93.2 Å². The number of thioether (sulfide) groups is 1. The van der Waals surface area contributed by atoms with Crippen molar-refractivity contribution < 1.29 is 10.0 Å². The van der Waals surface area contributed by atoms with E-state index in [0.717, 1.165) is 15.2 Å². The summed E-state index contributed by atoms with van der Waals surface area (Å²) < 4.78 is 1.02. The van der Waals surface area contributed by atoms with Crippen molar-refractivity contribution in [2.24, 2.45) is 0 Å². The van der Waals surface area contributed by atoms with E-state index in [4.69, 9.17) is 5.73 Å². The number of carbonyl (C=O) groups excluding carboxylic acids is 1. The number of benzene rings is 3. The van der Waals surface area contributed by atoms with E-state index in [0.29, 0.717) is 33.8 Å². The number of aromatic nitrogens is 2. The molecule has 0 atom stereocenters. The van der Waals surface area contributed by atoms with E-state index in [1.807, 2.05) is 18.4 Å². The average molecular weight is 390 g/mol. The van der Waals surface area contributed by atoms with E-state index in [1.165, 1.54) is 0 Å². The van der Waals surface area contributed by atoms with Crippen LogP contribution in [0.5, 0.6) is 0 Å². The lowest BCUT2D eigenvalue weighted by atomic mass is 10.1. The van der Waals surface area contributed by atoms with Crippen molar-refractivity contribution in [1.29, 1.82) is 0 Å². The third-order valence-electron chi connectivity index (χ3n) is 4.41. The molecular weight excluding hydrogens is 372 g/mol. The van der Waals surface area contributed by atoms with Gasteiger partial charge in [-0.2, -0.15) is 4.73 Å². The van der Waals surface area contributed by atoms with Gasteiger partial charge in [0.05, 0.1) is 5.52 Å². The molecular formula is C21H18N4O2S. The third-order valence-corrected chi connectivity index (χ3v) is 5.15. The number of fused-ring (bicyclic) bond motifs is 1. The molecule has 7 heteroatoms. The van der Waals surface area contributed by atoms with Gasteiger partial charge in [-0.3, -0.25) is 4.79 Å². The highest BCUT2D eigenvalue weighted by Crippen LogP contribution is 2.26. The van der Waals surface area contributed by atoms with Gasteiger partial charge < -0.3 is 16.3 Å². The summed E-state index contributed by atoms with van der Waals surface area (Å²) in [4.78, 5) is 17.9. The summed E-state index contributed by atoms with van der Waals surface area (Å²) in [6.07, 6.45) is 1.99. The minimum Gasteiger partial charge on any atom is -0.426 e. The van der Waals surface area contributed by atoms with Crippen molar-refractivity contribution in [2.75, 3.05) is 17.3 Å². The van der Waals surface area contributed by atoms with E-state index >= 15 is 0 Å². The first-order chi connectivity index (χ1) is 13.5. The molecule has 0 bridgehead atoms. The summed E-state index contributed by atoms with van der Waals surface area (Å²) in [5, 5.41) is 13.3. The molecule has 1 aromatic heterocycles. The molecule has 4 aromatic rings. The molecule has 28 heavy (non-hydrogen) atoms. The number of rotatable bonds is 4. The number of nitrogen functional groups attached to an aromatic ring is 1. The van der Waals surface area contributed by atoms with Crippen molar-refractivity contribution in [1.82, 2.24) is 9.71 Å². The Hall–Kier alpha value is -3.45. The first kappa shape index (κ1) is 17.9. The van der Waals surface area contributed by atoms with E-state index in [1.54, 1.807) is 66.4 Å². The third kappa shape index (κ3) is 3.39. The van der Waals surface area contributed by atoms with Crippen LogP contribution in [-0.2, 0) is 0 Å². The average Bonchev–Trinajstić information content (AvgIpc) is 3.04. The number of carbonyl (C=O) groups is 1. The number of nitrogens with two attached hydrogens (primary N) is 1. The molecule has 0 aliphatic heterocycles. The quantitative estimate of drug-likeness (QED) is 0.271. The smallest absolute Gasteiger partial charge is 0.255 e. The number of nitrogens with zero attached hydrogens (tertiary/aromatic N) is 2. The Labute approximate surface area is 166 Å². The van der Waals surface area contributed by atoms with E-state index < -0.39 is 0 Å². The summed E-state index contributed by atoms with van der Waals surface area (Å²) in [6, 6.07) is 19.7. The summed E-state index contributed by atoms with van der Waals surface area (Å²) in [5.41, 5.74) is 9.50. The summed E-state index contributed by atoms with van der Waals surface area (Å²) >= 11 is 1.63. The Morgan fingerprint density at radius 2 is 1.79 bits per heavy atom. The van der Waals surface area contributed by atoms with Gasteiger partial charge in [-0.1, -0.05) is 0 Å². The van der Waals surface area contributed by atoms with Crippen LogP contribution in [-0.4, -0.2) is 27.1 Å². The zero-order chi connectivity index (χ0) is 19.7. The van der Waals surface area contributed by atoms with E-state index in [-0.39, 0.29) is 5.91 Å². The van der Waals surface area contributed by atoms with Crippen LogP contribution in [0.25, 0.3) is 22.4 Å². The molecule has 140 valence electrons. The second kappa shape index (κ2) is 7.28. The van der Waals surface area contributed by atoms with E-state index in [9.17, 15) is 10.0 Å². The van der Waals surface area contributed by atoms with E-state index in [2.05, 4.69) is 10.3 Å². The minimum atomic E-state index is -0.176. The fraction of sp³-hybridized carbons (Fsp3) is 0.0476. The molecule has 1 amide bonds. The minimum absolute atomic E-state index is 0.176. The molecule has 0 spiro atoms. The van der Waals surface area contributed by atoms with Crippen molar-refractivity contribution >= 4 is 40.1 Å².